The number of methoxy groups -OCH3 is 1. The van der Waals surface area contributed by atoms with Crippen molar-refractivity contribution in [1.29, 1.82) is 0 Å². The molecule has 0 aliphatic carbocycles. The monoisotopic (exact) mass is 247 g/mol. The predicted molar refractivity (Wildman–Crippen MR) is 67.9 cm³/mol. The number of pyridine rings is 1. The van der Waals surface area contributed by atoms with Gasteiger partial charge in [-0.1, -0.05) is 6.07 Å². The van der Waals surface area contributed by atoms with Crippen molar-refractivity contribution in [3.8, 4) is 5.75 Å². The van der Waals surface area contributed by atoms with Crippen molar-refractivity contribution in [3.05, 3.63) is 45.9 Å². The molecule has 2 aromatic heterocycles. The van der Waals surface area contributed by atoms with Crippen molar-refractivity contribution in [2.45, 2.75) is 13.3 Å². The Morgan fingerprint density at radius 2 is 2.29 bits per heavy atom. The molecule has 0 aromatic carbocycles. The molecule has 0 fully saturated rings. The average Bonchev–Trinajstić information content (AvgIpc) is 2.81. The van der Waals surface area contributed by atoms with E-state index in [0.717, 1.165) is 17.0 Å². The second-order valence-corrected chi connectivity index (χ2v) is 4.69. The molecule has 2 rings (SSSR count). The number of carbonyl (C=O) groups excluding carboxylic acids is 1. The molecule has 0 radical (unpaired) electrons. The van der Waals surface area contributed by atoms with Crippen LogP contribution in [0.3, 0.4) is 0 Å². The number of hydrogen-bond acceptors (Lipinski definition) is 4. The fourth-order valence-corrected chi connectivity index (χ4v) is 2.22. The summed E-state index contributed by atoms with van der Waals surface area (Å²) in [4.78, 5) is 16.9. The number of ether oxygens (including phenoxy) is 1. The first-order chi connectivity index (χ1) is 8.19. The fourth-order valence-electron chi connectivity index (χ4n) is 1.43. The standard InChI is InChI=1S/C13H13NO2S/c1-9-3-4-10(14-7-9)5-12(15)13-6-11(16-2)8-17-13/h3-4,6-8H,5H2,1-2H3. The molecule has 0 atom stereocenters. The fraction of sp³-hybridized carbons (Fsp3) is 0.231. The molecule has 88 valence electrons. The van der Waals surface area contributed by atoms with Gasteiger partial charge in [-0.3, -0.25) is 9.78 Å². The number of Topliss-reactive ketones (excluding diaryl/α,β-unsaturated/α-hetero) is 1. The molecule has 0 N–H and O–H groups in total. The summed E-state index contributed by atoms with van der Waals surface area (Å²) in [6.07, 6.45) is 2.11. The Morgan fingerprint density at radius 3 is 2.88 bits per heavy atom. The van der Waals surface area contributed by atoms with Crippen molar-refractivity contribution >= 4 is 17.1 Å². The van der Waals surface area contributed by atoms with Crippen LogP contribution in [0, 0.1) is 6.92 Å². The van der Waals surface area contributed by atoms with Crippen molar-refractivity contribution in [2.24, 2.45) is 0 Å². The molecule has 3 nitrogen and oxygen atoms in total. The summed E-state index contributed by atoms with van der Waals surface area (Å²) in [5.41, 5.74) is 1.90. The van der Waals surface area contributed by atoms with Gasteiger partial charge in [0.15, 0.2) is 5.78 Å². The highest BCUT2D eigenvalue weighted by atomic mass is 32.1. The van der Waals surface area contributed by atoms with E-state index in [1.165, 1.54) is 11.3 Å². The molecule has 0 saturated carbocycles. The summed E-state index contributed by atoms with van der Waals surface area (Å²) in [5.74, 6) is 0.810. The molecule has 0 bridgehead atoms. The first-order valence-electron chi connectivity index (χ1n) is 5.26. The normalized spacial score (nSPS) is 10.2. The molecule has 17 heavy (non-hydrogen) atoms. The van der Waals surface area contributed by atoms with E-state index in [0.29, 0.717) is 11.3 Å². The third-order valence-corrected chi connectivity index (χ3v) is 3.35. The van der Waals surface area contributed by atoms with Crippen molar-refractivity contribution in [3.63, 3.8) is 0 Å². The van der Waals surface area contributed by atoms with Gasteiger partial charge in [-0.25, -0.2) is 0 Å². The van der Waals surface area contributed by atoms with E-state index in [9.17, 15) is 4.79 Å². The Labute approximate surface area is 104 Å². The Balaban J connectivity index is 2.08. The molecular weight excluding hydrogens is 234 g/mol. The van der Waals surface area contributed by atoms with Gasteiger partial charge in [0.05, 0.1) is 18.4 Å². The maximum Gasteiger partial charge on any atom is 0.178 e. The highest BCUT2D eigenvalue weighted by molar-refractivity contribution is 7.12. The van der Waals surface area contributed by atoms with Crippen LogP contribution in [-0.2, 0) is 6.42 Å². The minimum atomic E-state index is 0.0784. The molecule has 4 heteroatoms. The van der Waals surface area contributed by atoms with Gasteiger partial charge >= 0.3 is 0 Å². The summed E-state index contributed by atoms with van der Waals surface area (Å²) in [6, 6.07) is 5.61. The lowest BCUT2D eigenvalue weighted by Crippen LogP contribution is -2.02. The Kier molecular flexibility index (Phi) is 3.54. The summed E-state index contributed by atoms with van der Waals surface area (Å²) >= 11 is 1.40. The van der Waals surface area contributed by atoms with Gasteiger partial charge in [0.25, 0.3) is 0 Å². The summed E-state index contributed by atoms with van der Waals surface area (Å²) in [6.45, 7) is 1.97. The number of aryl methyl sites for hydroxylation is 1. The number of nitrogens with zero attached hydrogens (tertiary/aromatic N) is 1. The van der Waals surface area contributed by atoms with Crippen LogP contribution >= 0.6 is 11.3 Å². The highest BCUT2D eigenvalue weighted by Crippen LogP contribution is 2.22. The van der Waals surface area contributed by atoms with Crippen LogP contribution < -0.4 is 4.74 Å². The van der Waals surface area contributed by atoms with Gasteiger partial charge in [0.1, 0.15) is 5.75 Å². The molecule has 2 heterocycles. The number of thiophene rings is 1. The van der Waals surface area contributed by atoms with E-state index in [-0.39, 0.29) is 5.78 Å². The number of rotatable bonds is 4. The van der Waals surface area contributed by atoms with Gasteiger partial charge in [0.2, 0.25) is 0 Å². The lowest BCUT2D eigenvalue weighted by molar-refractivity contribution is 0.0995. The first-order valence-corrected chi connectivity index (χ1v) is 6.14. The van der Waals surface area contributed by atoms with Crippen molar-refractivity contribution in [2.75, 3.05) is 7.11 Å². The largest absolute Gasteiger partial charge is 0.496 e. The van der Waals surface area contributed by atoms with Crippen LogP contribution in [-0.4, -0.2) is 17.9 Å². The Bertz CT molecular complexity index is 516. The highest BCUT2D eigenvalue weighted by Gasteiger charge is 2.11. The molecule has 0 aliphatic heterocycles. The van der Waals surface area contributed by atoms with E-state index in [2.05, 4.69) is 4.98 Å². The van der Waals surface area contributed by atoms with E-state index < -0.39 is 0 Å². The minimum absolute atomic E-state index is 0.0784. The Morgan fingerprint density at radius 1 is 1.47 bits per heavy atom. The third-order valence-electron chi connectivity index (χ3n) is 2.40. The van der Waals surface area contributed by atoms with Gasteiger partial charge in [-0.15, -0.1) is 11.3 Å². The Hall–Kier alpha value is -1.68. The van der Waals surface area contributed by atoms with Crippen LogP contribution in [0.2, 0.25) is 0 Å². The summed E-state index contributed by atoms with van der Waals surface area (Å²) in [5, 5.41) is 1.83. The number of hydrogen-bond donors (Lipinski definition) is 0. The predicted octanol–water partition coefficient (Wildman–Crippen LogP) is 2.89. The molecule has 0 spiro atoms. The van der Waals surface area contributed by atoms with E-state index in [1.807, 2.05) is 24.4 Å². The van der Waals surface area contributed by atoms with Gasteiger partial charge in [0, 0.05) is 23.3 Å². The molecular formula is C13H13NO2S. The van der Waals surface area contributed by atoms with E-state index in [1.54, 1.807) is 19.4 Å². The first kappa shape index (κ1) is 11.8. The van der Waals surface area contributed by atoms with E-state index in [4.69, 9.17) is 4.74 Å². The molecule has 0 unspecified atom stereocenters. The van der Waals surface area contributed by atoms with Gasteiger partial charge < -0.3 is 4.74 Å². The van der Waals surface area contributed by atoms with Gasteiger partial charge in [-0.2, -0.15) is 0 Å². The molecule has 0 amide bonds. The maximum atomic E-state index is 11.9. The third kappa shape index (κ3) is 2.91. The molecule has 0 aliphatic rings. The quantitative estimate of drug-likeness (QED) is 0.780. The maximum absolute atomic E-state index is 11.9. The van der Waals surface area contributed by atoms with Crippen LogP contribution in [0.15, 0.2) is 29.8 Å². The van der Waals surface area contributed by atoms with Crippen LogP contribution in [0.1, 0.15) is 20.9 Å². The van der Waals surface area contributed by atoms with Crippen molar-refractivity contribution in [1.82, 2.24) is 4.98 Å². The molecule has 2 aromatic rings. The minimum Gasteiger partial charge on any atom is -0.496 e. The van der Waals surface area contributed by atoms with Crippen LogP contribution in [0.5, 0.6) is 5.75 Å². The lowest BCUT2D eigenvalue weighted by Gasteiger charge is -1.99. The zero-order valence-electron chi connectivity index (χ0n) is 9.77. The number of ketones is 1. The zero-order valence-corrected chi connectivity index (χ0v) is 10.6. The second kappa shape index (κ2) is 5.10. The number of carbonyl (C=O) groups is 1. The summed E-state index contributed by atoms with van der Waals surface area (Å²) < 4.78 is 5.05. The smallest absolute Gasteiger partial charge is 0.178 e. The number of aromatic nitrogens is 1. The topological polar surface area (TPSA) is 39.2 Å². The second-order valence-electron chi connectivity index (χ2n) is 3.78. The van der Waals surface area contributed by atoms with Crippen molar-refractivity contribution < 1.29 is 9.53 Å². The zero-order chi connectivity index (χ0) is 12.3. The van der Waals surface area contributed by atoms with Crippen LogP contribution in [0.4, 0.5) is 0 Å². The summed E-state index contributed by atoms with van der Waals surface area (Å²) in [7, 11) is 1.60. The lowest BCUT2D eigenvalue weighted by atomic mass is 10.1. The van der Waals surface area contributed by atoms with Crippen LogP contribution in [0.25, 0.3) is 0 Å². The van der Waals surface area contributed by atoms with E-state index >= 15 is 0 Å². The average molecular weight is 247 g/mol. The SMILES string of the molecule is COc1csc(C(=O)Cc2ccc(C)cn2)c1. The molecule has 0 saturated heterocycles. The van der Waals surface area contributed by atoms with Gasteiger partial charge in [-0.05, 0) is 18.6 Å².